The summed E-state index contributed by atoms with van der Waals surface area (Å²) in [6.07, 6.45) is -2.69. The minimum Gasteiger partial charge on any atom is -0.406 e. The first kappa shape index (κ1) is 18.9. The number of ether oxygens (including phenoxy) is 1. The van der Waals surface area contributed by atoms with Crippen LogP contribution in [0.2, 0.25) is 0 Å². The van der Waals surface area contributed by atoms with Crippen LogP contribution in [-0.4, -0.2) is 22.1 Å². The van der Waals surface area contributed by atoms with Crippen molar-refractivity contribution < 1.29 is 22.7 Å². The maximum Gasteiger partial charge on any atom is 0.573 e. The van der Waals surface area contributed by atoms with Crippen molar-refractivity contribution in [3.8, 4) is 5.75 Å². The van der Waals surface area contributed by atoms with Crippen LogP contribution in [-0.2, 0) is 11.3 Å². The first-order valence-corrected chi connectivity index (χ1v) is 8.45. The number of carbonyl (C=O) groups is 1. The number of alkyl halides is 3. The molecule has 1 aromatic heterocycles. The van der Waals surface area contributed by atoms with Gasteiger partial charge in [0.25, 0.3) is 5.56 Å². The van der Waals surface area contributed by atoms with Gasteiger partial charge in [-0.05, 0) is 43.5 Å². The molecule has 1 atom stereocenters. The van der Waals surface area contributed by atoms with Gasteiger partial charge < -0.3 is 10.1 Å². The number of hydrogen-bond donors (Lipinski definition) is 1. The maximum atomic E-state index is 12.3. The zero-order chi connectivity index (χ0) is 19.6. The molecule has 1 unspecified atom stereocenters. The lowest BCUT2D eigenvalue weighted by molar-refractivity contribution is -0.274. The summed E-state index contributed by atoms with van der Waals surface area (Å²) in [6, 6.07) is 7.47. The Labute approximate surface area is 153 Å². The van der Waals surface area contributed by atoms with E-state index in [-0.39, 0.29) is 17.9 Å². The number of halogens is 3. The highest BCUT2D eigenvalue weighted by molar-refractivity contribution is 5.79. The fourth-order valence-corrected chi connectivity index (χ4v) is 2.57. The Morgan fingerprint density at radius 1 is 1.26 bits per heavy atom. The summed E-state index contributed by atoms with van der Waals surface area (Å²) < 4.78 is 41.4. The van der Waals surface area contributed by atoms with Crippen LogP contribution >= 0.6 is 0 Å². The van der Waals surface area contributed by atoms with E-state index in [1.54, 1.807) is 13.0 Å². The van der Waals surface area contributed by atoms with Gasteiger partial charge in [-0.15, -0.1) is 13.2 Å². The SMILES string of the molecule is CC(C(=O)NCc1ccc(OC(F)(F)F)cc1)n1nc(C2CC2)ccc1=O. The third-order valence-electron chi connectivity index (χ3n) is 4.21. The minimum atomic E-state index is -4.75. The molecule has 1 aromatic carbocycles. The smallest absolute Gasteiger partial charge is 0.406 e. The van der Waals surface area contributed by atoms with Gasteiger partial charge >= 0.3 is 6.36 Å². The highest BCUT2D eigenvalue weighted by Crippen LogP contribution is 2.38. The number of nitrogens with one attached hydrogen (secondary N) is 1. The lowest BCUT2D eigenvalue weighted by Gasteiger charge is -2.15. The molecule has 1 fully saturated rings. The van der Waals surface area contributed by atoms with Crippen LogP contribution in [0.1, 0.15) is 43.0 Å². The Bertz CT molecular complexity index is 874. The maximum absolute atomic E-state index is 12.3. The predicted molar refractivity (Wildman–Crippen MR) is 90.2 cm³/mol. The molecule has 0 saturated heterocycles. The van der Waals surface area contributed by atoms with Gasteiger partial charge in [-0.25, -0.2) is 4.68 Å². The molecule has 1 N–H and O–H groups in total. The van der Waals surface area contributed by atoms with Crippen LogP contribution in [0.4, 0.5) is 13.2 Å². The van der Waals surface area contributed by atoms with E-state index in [2.05, 4.69) is 15.2 Å². The van der Waals surface area contributed by atoms with E-state index in [1.165, 1.54) is 30.3 Å². The van der Waals surface area contributed by atoms with Crippen molar-refractivity contribution in [3.63, 3.8) is 0 Å². The van der Waals surface area contributed by atoms with E-state index in [0.717, 1.165) is 23.2 Å². The molecule has 0 radical (unpaired) electrons. The molecular weight excluding hydrogens is 363 g/mol. The van der Waals surface area contributed by atoms with Crippen molar-refractivity contribution in [2.24, 2.45) is 0 Å². The molecule has 3 rings (SSSR count). The zero-order valence-electron chi connectivity index (χ0n) is 14.5. The van der Waals surface area contributed by atoms with Gasteiger partial charge in [-0.3, -0.25) is 9.59 Å². The molecule has 0 spiro atoms. The zero-order valence-corrected chi connectivity index (χ0v) is 14.5. The van der Waals surface area contributed by atoms with Crippen LogP contribution in [0.25, 0.3) is 0 Å². The Morgan fingerprint density at radius 3 is 2.52 bits per heavy atom. The second kappa shape index (κ2) is 7.42. The molecule has 1 aliphatic carbocycles. The second-order valence-corrected chi connectivity index (χ2v) is 6.40. The average Bonchev–Trinajstić information content (AvgIpc) is 3.44. The summed E-state index contributed by atoms with van der Waals surface area (Å²) in [5, 5.41) is 6.93. The number of rotatable bonds is 6. The lowest BCUT2D eigenvalue weighted by Crippen LogP contribution is -2.37. The van der Waals surface area contributed by atoms with Crippen LogP contribution < -0.4 is 15.6 Å². The summed E-state index contributed by atoms with van der Waals surface area (Å²) in [5.74, 6) is -0.392. The number of nitrogens with zero attached hydrogens (tertiary/aromatic N) is 2. The third-order valence-corrected chi connectivity index (χ3v) is 4.21. The molecule has 0 bridgehead atoms. The second-order valence-electron chi connectivity index (χ2n) is 6.40. The van der Waals surface area contributed by atoms with E-state index in [9.17, 15) is 22.8 Å². The van der Waals surface area contributed by atoms with Gasteiger partial charge in [0.1, 0.15) is 11.8 Å². The third kappa shape index (κ3) is 5.08. The van der Waals surface area contributed by atoms with Gasteiger partial charge in [0.2, 0.25) is 5.91 Å². The van der Waals surface area contributed by atoms with Crippen LogP contribution in [0.3, 0.4) is 0 Å². The van der Waals surface area contributed by atoms with Gasteiger partial charge in [-0.2, -0.15) is 5.10 Å². The molecule has 1 heterocycles. The molecule has 6 nitrogen and oxygen atoms in total. The summed E-state index contributed by atoms with van der Waals surface area (Å²) >= 11 is 0. The molecule has 2 aromatic rings. The molecule has 27 heavy (non-hydrogen) atoms. The van der Waals surface area contributed by atoms with E-state index in [4.69, 9.17) is 0 Å². The summed E-state index contributed by atoms with van der Waals surface area (Å²) in [5.41, 5.74) is 1.03. The monoisotopic (exact) mass is 381 g/mol. The van der Waals surface area contributed by atoms with Crippen molar-refractivity contribution in [3.05, 3.63) is 58.0 Å². The topological polar surface area (TPSA) is 73.2 Å². The highest BCUT2D eigenvalue weighted by Gasteiger charge is 2.31. The molecular formula is C18H18F3N3O3. The average molecular weight is 381 g/mol. The first-order chi connectivity index (χ1) is 12.7. The summed E-state index contributed by atoms with van der Waals surface area (Å²) in [4.78, 5) is 24.3. The van der Waals surface area contributed by atoms with Crippen molar-refractivity contribution in [1.29, 1.82) is 0 Å². The molecule has 1 aliphatic rings. The lowest BCUT2D eigenvalue weighted by atomic mass is 10.2. The number of aromatic nitrogens is 2. The van der Waals surface area contributed by atoms with E-state index in [1.807, 2.05) is 0 Å². The first-order valence-electron chi connectivity index (χ1n) is 8.45. The Morgan fingerprint density at radius 2 is 1.93 bits per heavy atom. The number of hydrogen-bond acceptors (Lipinski definition) is 4. The molecule has 9 heteroatoms. The van der Waals surface area contributed by atoms with Crippen molar-refractivity contribution in [2.45, 2.75) is 44.6 Å². The van der Waals surface area contributed by atoms with Gasteiger partial charge in [-0.1, -0.05) is 12.1 Å². The van der Waals surface area contributed by atoms with Crippen LogP contribution in [0.5, 0.6) is 5.75 Å². The Balaban J connectivity index is 1.60. The van der Waals surface area contributed by atoms with Crippen molar-refractivity contribution >= 4 is 5.91 Å². The van der Waals surface area contributed by atoms with E-state index < -0.39 is 18.3 Å². The molecule has 144 valence electrons. The van der Waals surface area contributed by atoms with Gasteiger partial charge in [0, 0.05) is 18.5 Å². The van der Waals surface area contributed by atoms with E-state index in [0.29, 0.717) is 11.5 Å². The van der Waals surface area contributed by atoms with Gasteiger partial charge in [0.15, 0.2) is 0 Å². The predicted octanol–water partition coefficient (Wildman–Crippen LogP) is 2.90. The van der Waals surface area contributed by atoms with Crippen LogP contribution in [0, 0.1) is 0 Å². The van der Waals surface area contributed by atoms with E-state index >= 15 is 0 Å². The van der Waals surface area contributed by atoms with Crippen molar-refractivity contribution in [1.82, 2.24) is 15.1 Å². The standard InChI is InChI=1S/C18H18F3N3O3/c1-11(24-16(25)9-8-15(23-24)13-4-5-13)17(26)22-10-12-2-6-14(7-3-12)27-18(19,20)21/h2-3,6-9,11,13H,4-5,10H2,1H3,(H,22,26). The fraction of sp³-hybridized carbons (Fsp3) is 0.389. The number of carbonyl (C=O) groups excluding carboxylic acids is 1. The molecule has 1 amide bonds. The summed E-state index contributed by atoms with van der Waals surface area (Å²) in [6.45, 7) is 1.67. The number of benzene rings is 1. The number of amides is 1. The molecule has 1 saturated carbocycles. The van der Waals surface area contributed by atoms with Crippen molar-refractivity contribution in [2.75, 3.05) is 0 Å². The Kier molecular flexibility index (Phi) is 5.20. The quantitative estimate of drug-likeness (QED) is 0.835. The Hall–Kier alpha value is -2.84. The highest BCUT2D eigenvalue weighted by atomic mass is 19.4. The molecule has 0 aliphatic heterocycles. The fourth-order valence-electron chi connectivity index (χ4n) is 2.57. The van der Waals surface area contributed by atoms with Crippen LogP contribution in [0.15, 0.2) is 41.2 Å². The normalized spacial score (nSPS) is 15.3. The van der Waals surface area contributed by atoms with Gasteiger partial charge in [0.05, 0.1) is 5.69 Å². The largest absolute Gasteiger partial charge is 0.573 e. The summed E-state index contributed by atoms with van der Waals surface area (Å²) in [7, 11) is 0. The minimum absolute atomic E-state index is 0.104.